The lowest BCUT2D eigenvalue weighted by Gasteiger charge is -2.17. The molecule has 0 radical (unpaired) electrons. The molecule has 0 fully saturated rings. The molecule has 0 aliphatic rings. The predicted octanol–water partition coefficient (Wildman–Crippen LogP) is 4.03. The number of benzene rings is 1. The molecule has 72 valence electrons. The molecule has 0 spiro atoms. The Bertz CT molecular complexity index is 289. The average molecular weight is 197 g/mol. The molecule has 0 heterocycles. The van der Waals surface area contributed by atoms with Gasteiger partial charge in [0.25, 0.3) is 0 Å². The smallest absolute Gasteiger partial charge is 0.0373 e. The maximum Gasteiger partial charge on any atom is 0.0373 e. The summed E-state index contributed by atoms with van der Waals surface area (Å²) in [6.07, 6.45) is 0. The summed E-state index contributed by atoms with van der Waals surface area (Å²) in [5.41, 5.74) is 4.03. The first-order valence-corrected chi connectivity index (χ1v) is 5.17. The van der Waals surface area contributed by atoms with Gasteiger partial charge in [0.2, 0.25) is 0 Å². The van der Waals surface area contributed by atoms with Crippen LogP contribution in [-0.2, 0) is 0 Å². The highest BCUT2D eigenvalue weighted by molar-refractivity contribution is 6.20. The van der Waals surface area contributed by atoms with Gasteiger partial charge in [0, 0.05) is 5.38 Å². The second-order valence-electron chi connectivity index (χ2n) is 3.83. The fourth-order valence-electron chi connectivity index (χ4n) is 1.50. The summed E-state index contributed by atoms with van der Waals surface area (Å²) in [6.45, 7) is 8.49. The van der Waals surface area contributed by atoms with E-state index in [1.807, 2.05) is 6.92 Å². The Morgan fingerprint density at radius 1 is 1.15 bits per heavy atom. The molecular formula is C12H17Cl. The summed E-state index contributed by atoms with van der Waals surface area (Å²) in [7, 11) is 0. The van der Waals surface area contributed by atoms with Crippen molar-refractivity contribution >= 4 is 11.6 Å². The van der Waals surface area contributed by atoms with Crippen LogP contribution in [0.1, 0.15) is 36.5 Å². The summed E-state index contributed by atoms with van der Waals surface area (Å²) in [6, 6.07) is 6.55. The molecule has 0 aliphatic heterocycles. The van der Waals surface area contributed by atoms with Gasteiger partial charge in [0.15, 0.2) is 0 Å². The first kappa shape index (κ1) is 10.6. The van der Waals surface area contributed by atoms with Crippen LogP contribution in [0.25, 0.3) is 0 Å². The van der Waals surface area contributed by atoms with Crippen molar-refractivity contribution in [2.45, 2.75) is 39.0 Å². The predicted molar refractivity (Wildman–Crippen MR) is 59.6 cm³/mol. The third-order valence-corrected chi connectivity index (χ3v) is 2.99. The molecule has 1 aromatic rings. The summed E-state index contributed by atoms with van der Waals surface area (Å²) >= 11 is 6.09. The topological polar surface area (TPSA) is 0 Å². The third kappa shape index (κ3) is 2.47. The Morgan fingerprint density at radius 3 is 2.31 bits per heavy atom. The quantitative estimate of drug-likeness (QED) is 0.627. The van der Waals surface area contributed by atoms with E-state index in [2.05, 4.69) is 39.0 Å². The van der Waals surface area contributed by atoms with Crippen LogP contribution >= 0.6 is 11.6 Å². The highest BCUT2D eigenvalue weighted by Crippen LogP contribution is 2.26. The Balaban J connectivity index is 3.05. The van der Waals surface area contributed by atoms with Gasteiger partial charge in [0.1, 0.15) is 0 Å². The van der Waals surface area contributed by atoms with Gasteiger partial charge in [-0.15, -0.1) is 11.6 Å². The first-order valence-electron chi connectivity index (χ1n) is 4.73. The zero-order valence-electron chi connectivity index (χ0n) is 8.76. The van der Waals surface area contributed by atoms with Crippen LogP contribution in [0.4, 0.5) is 0 Å². The van der Waals surface area contributed by atoms with Crippen LogP contribution in [0, 0.1) is 13.8 Å². The number of hydrogen-bond acceptors (Lipinski definition) is 0. The maximum atomic E-state index is 6.09. The maximum absolute atomic E-state index is 6.09. The molecule has 0 aliphatic carbocycles. The molecule has 0 amide bonds. The SMILES string of the molecule is Cc1ccc(C)c(C(C)C(C)Cl)c1. The average Bonchev–Trinajstić information content (AvgIpc) is 2.08. The van der Waals surface area contributed by atoms with Crippen molar-refractivity contribution in [3.05, 3.63) is 34.9 Å². The van der Waals surface area contributed by atoms with E-state index >= 15 is 0 Å². The zero-order chi connectivity index (χ0) is 10.0. The van der Waals surface area contributed by atoms with Gasteiger partial charge < -0.3 is 0 Å². The lowest BCUT2D eigenvalue weighted by molar-refractivity contribution is 0.736. The van der Waals surface area contributed by atoms with Gasteiger partial charge in [-0.3, -0.25) is 0 Å². The molecule has 2 unspecified atom stereocenters. The largest absolute Gasteiger partial charge is 0.123 e. The van der Waals surface area contributed by atoms with Gasteiger partial charge in [-0.2, -0.15) is 0 Å². The van der Waals surface area contributed by atoms with Crippen molar-refractivity contribution in [2.75, 3.05) is 0 Å². The molecule has 0 saturated heterocycles. The second kappa shape index (κ2) is 4.15. The Morgan fingerprint density at radius 2 is 1.77 bits per heavy atom. The van der Waals surface area contributed by atoms with Crippen molar-refractivity contribution in [3.8, 4) is 0 Å². The number of aryl methyl sites for hydroxylation is 2. The van der Waals surface area contributed by atoms with Gasteiger partial charge in [-0.1, -0.05) is 30.7 Å². The minimum atomic E-state index is 0.195. The first-order chi connectivity index (χ1) is 6.02. The van der Waals surface area contributed by atoms with Crippen molar-refractivity contribution < 1.29 is 0 Å². The second-order valence-corrected chi connectivity index (χ2v) is 4.51. The van der Waals surface area contributed by atoms with Crippen molar-refractivity contribution in [3.63, 3.8) is 0 Å². The highest BCUT2D eigenvalue weighted by Gasteiger charge is 2.13. The fourth-order valence-corrected chi connectivity index (χ4v) is 1.63. The van der Waals surface area contributed by atoms with E-state index in [1.165, 1.54) is 16.7 Å². The van der Waals surface area contributed by atoms with Crippen LogP contribution < -0.4 is 0 Å². The van der Waals surface area contributed by atoms with E-state index in [-0.39, 0.29) is 5.38 Å². The molecular weight excluding hydrogens is 180 g/mol. The minimum Gasteiger partial charge on any atom is -0.123 e. The van der Waals surface area contributed by atoms with Gasteiger partial charge in [0.05, 0.1) is 0 Å². The normalized spacial score (nSPS) is 15.5. The van der Waals surface area contributed by atoms with Gasteiger partial charge in [-0.25, -0.2) is 0 Å². The standard InChI is InChI=1S/C12H17Cl/c1-8-5-6-9(2)12(7-8)10(3)11(4)13/h5-7,10-11H,1-4H3. The minimum absolute atomic E-state index is 0.195. The third-order valence-electron chi connectivity index (χ3n) is 2.61. The molecule has 1 rings (SSSR count). The zero-order valence-corrected chi connectivity index (χ0v) is 9.52. The highest BCUT2D eigenvalue weighted by atomic mass is 35.5. The van der Waals surface area contributed by atoms with Crippen molar-refractivity contribution in [1.29, 1.82) is 0 Å². The van der Waals surface area contributed by atoms with Crippen LogP contribution in [0.3, 0.4) is 0 Å². The number of rotatable bonds is 2. The fraction of sp³-hybridized carbons (Fsp3) is 0.500. The van der Waals surface area contributed by atoms with E-state index in [1.54, 1.807) is 0 Å². The monoisotopic (exact) mass is 196 g/mol. The number of hydrogen-bond donors (Lipinski definition) is 0. The van der Waals surface area contributed by atoms with E-state index in [9.17, 15) is 0 Å². The summed E-state index contributed by atoms with van der Waals surface area (Å²) in [4.78, 5) is 0. The molecule has 2 atom stereocenters. The molecule has 0 bridgehead atoms. The van der Waals surface area contributed by atoms with Crippen LogP contribution in [0.15, 0.2) is 18.2 Å². The van der Waals surface area contributed by atoms with E-state index < -0.39 is 0 Å². The molecule has 1 heteroatoms. The summed E-state index contributed by atoms with van der Waals surface area (Å²) in [5, 5.41) is 0.195. The molecule has 0 N–H and O–H groups in total. The molecule has 0 aromatic heterocycles. The summed E-state index contributed by atoms with van der Waals surface area (Å²) in [5.74, 6) is 0.432. The van der Waals surface area contributed by atoms with Crippen molar-refractivity contribution in [2.24, 2.45) is 0 Å². The number of halogens is 1. The lowest BCUT2D eigenvalue weighted by Crippen LogP contribution is -2.06. The van der Waals surface area contributed by atoms with Crippen LogP contribution in [0.2, 0.25) is 0 Å². The van der Waals surface area contributed by atoms with Gasteiger partial charge >= 0.3 is 0 Å². The Kier molecular flexibility index (Phi) is 3.38. The Hall–Kier alpha value is -0.490. The molecule has 1 aromatic carbocycles. The lowest BCUT2D eigenvalue weighted by atomic mass is 9.93. The van der Waals surface area contributed by atoms with E-state index in [0.29, 0.717) is 5.92 Å². The number of alkyl halides is 1. The molecule has 13 heavy (non-hydrogen) atoms. The van der Waals surface area contributed by atoms with E-state index in [0.717, 1.165) is 0 Å². The van der Waals surface area contributed by atoms with Crippen LogP contribution in [0.5, 0.6) is 0 Å². The van der Waals surface area contributed by atoms with Crippen LogP contribution in [-0.4, -0.2) is 5.38 Å². The van der Waals surface area contributed by atoms with Crippen molar-refractivity contribution in [1.82, 2.24) is 0 Å². The van der Waals surface area contributed by atoms with Gasteiger partial charge in [-0.05, 0) is 37.8 Å². The molecule has 0 saturated carbocycles. The van der Waals surface area contributed by atoms with E-state index in [4.69, 9.17) is 11.6 Å². The summed E-state index contributed by atoms with van der Waals surface area (Å²) < 4.78 is 0. The Labute approximate surface area is 85.9 Å². The molecule has 0 nitrogen and oxygen atoms in total.